The number of aliphatic hydroxyl groups excluding tert-OH is 1. The first-order valence-electron chi connectivity index (χ1n) is 6.52. The van der Waals surface area contributed by atoms with Gasteiger partial charge in [0.2, 0.25) is 0 Å². The summed E-state index contributed by atoms with van der Waals surface area (Å²) in [6.07, 6.45) is 2.40. The highest BCUT2D eigenvalue weighted by Gasteiger charge is 2.42. The maximum atomic E-state index is 11.2. The van der Waals surface area contributed by atoms with Crippen molar-refractivity contribution in [2.75, 3.05) is 18.0 Å². The number of rotatable bonds is 2. The minimum atomic E-state index is -0.229. The van der Waals surface area contributed by atoms with Crippen molar-refractivity contribution >= 4 is 23.7 Å². The van der Waals surface area contributed by atoms with Crippen molar-refractivity contribution in [3.8, 4) is 0 Å². The van der Waals surface area contributed by atoms with Gasteiger partial charge >= 0.3 is 0 Å². The molecule has 19 heavy (non-hydrogen) atoms. The van der Waals surface area contributed by atoms with Crippen molar-refractivity contribution < 1.29 is 9.90 Å². The van der Waals surface area contributed by atoms with Crippen molar-refractivity contribution in [1.82, 2.24) is 9.97 Å². The van der Waals surface area contributed by atoms with Gasteiger partial charge in [-0.05, 0) is 25.7 Å². The van der Waals surface area contributed by atoms with Crippen LogP contribution >= 0.6 is 11.6 Å². The highest BCUT2D eigenvalue weighted by atomic mass is 35.5. The molecule has 1 aliphatic carbocycles. The molecule has 0 spiro atoms. The lowest BCUT2D eigenvalue weighted by Gasteiger charge is -2.21. The average Bonchev–Trinajstić information content (AvgIpc) is 2.91. The van der Waals surface area contributed by atoms with Gasteiger partial charge in [0.25, 0.3) is 0 Å². The van der Waals surface area contributed by atoms with Crippen LogP contribution in [-0.2, 0) is 0 Å². The molecular weight excluding hydrogens is 266 g/mol. The average molecular weight is 282 g/mol. The van der Waals surface area contributed by atoms with Crippen LogP contribution in [0.1, 0.15) is 29.0 Å². The summed E-state index contributed by atoms with van der Waals surface area (Å²) in [6.45, 7) is 3.32. The second-order valence-corrected chi connectivity index (χ2v) is 5.75. The summed E-state index contributed by atoms with van der Waals surface area (Å²) in [4.78, 5) is 21.6. The fourth-order valence-electron chi connectivity index (χ4n) is 3.29. The first-order valence-corrected chi connectivity index (χ1v) is 6.90. The van der Waals surface area contributed by atoms with E-state index in [1.54, 1.807) is 6.92 Å². The van der Waals surface area contributed by atoms with Crippen LogP contribution in [-0.4, -0.2) is 40.6 Å². The Morgan fingerprint density at radius 1 is 1.37 bits per heavy atom. The number of halogens is 1. The quantitative estimate of drug-likeness (QED) is 0.657. The van der Waals surface area contributed by atoms with E-state index in [1.165, 1.54) is 0 Å². The SMILES string of the molecule is Cc1nc(Cl)c(C=O)c(N2CC3CCC(O)C3C2)n1. The first-order chi connectivity index (χ1) is 9.10. The molecule has 0 aromatic carbocycles. The highest BCUT2D eigenvalue weighted by Crippen LogP contribution is 2.40. The minimum Gasteiger partial charge on any atom is -0.393 e. The Morgan fingerprint density at radius 3 is 2.84 bits per heavy atom. The maximum Gasteiger partial charge on any atom is 0.156 e. The molecule has 0 bridgehead atoms. The molecule has 2 heterocycles. The van der Waals surface area contributed by atoms with Crippen LogP contribution in [0.5, 0.6) is 0 Å². The summed E-state index contributed by atoms with van der Waals surface area (Å²) >= 11 is 6.00. The predicted octanol–water partition coefficient (Wildman–Crippen LogP) is 1.46. The summed E-state index contributed by atoms with van der Waals surface area (Å²) < 4.78 is 0. The van der Waals surface area contributed by atoms with Gasteiger partial charge in [-0.15, -0.1) is 0 Å². The number of aryl methyl sites for hydroxylation is 1. The molecule has 1 aromatic heterocycles. The standard InChI is InChI=1S/C13H16ClN3O2/c1-7-15-12(14)10(6-18)13(16-7)17-4-8-2-3-11(19)9(8)5-17/h6,8-9,11,19H,2-5H2,1H3. The van der Waals surface area contributed by atoms with Gasteiger partial charge in [-0.3, -0.25) is 4.79 Å². The van der Waals surface area contributed by atoms with Crippen LogP contribution in [0, 0.1) is 18.8 Å². The molecular formula is C13H16ClN3O2. The Hall–Kier alpha value is -1.20. The molecule has 6 heteroatoms. The van der Waals surface area contributed by atoms with E-state index in [1.807, 2.05) is 0 Å². The van der Waals surface area contributed by atoms with Crippen LogP contribution in [0.4, 0.5) is 5.82 Å². The highest BCUT2D eigenvalue weighted by molar-refractivity contribution is 6.32. The lowest BCUT2D eigenvalue weighted by Crippen LogP contribution is -2.26. The second-order valence-electron chi connectivity index (χ2n) is 5.39. The largest absolute Gasteiger partial charge is 0.393 e. The number of aldehydes is 1. The van der Waals surface area contributed by atoms with E-state index < -0.39 is 0 Å². The Balaban J connectivity index is 1.93. The molecule has 1 aromatic rings. The van der Waals surface area contributed by atoms with E-state index in [-0.39, 0.29) is 17.2 Å². The minimum absolute atomic E-state index is 0.204. The first kappa shape index (κ1) is 12.8. The molecule has 3 unspecified atom stereocenters. The topological polar surface area (TPSA) is 66.3 Å². The van der Waals surface area contributed by atoms with Crippen molar-refractivity contribution in [3.63, 3.8) is 0 Å². The molecule has 3 rings (SSSR count). The lowest BCUT2D eigenvalue weighted by atomic mass is 10.00. The van der Waals surface area contributed by atoms with E-state index >= 15 is 0 Å². The van der Waals surface area contributed by atoms with Gasteiger partial charge in [0.1, 0.15) is 16.8 Å². The van der Waals surface area contributed by atoms with Crippen molar-refractivity contribution in [2.24, 2.45) is 11.8 Å². The van der Waals surface area contributed by atoms with Gasteiger partial charge in [0, 0.05) is 19.0 Å². The van der Waals surface area contributed by atoms with Crippen LogP contribution in [0.25, 0.3) is 0 Å². The van der Waals surface area contributed by atoms with Crippen LogP contribution in [0.15, 0.2) is 0 Å². The van der Waals surface area contributed by atoms with Gasteiger partial charge in [-0.1, -0.05) is 11.6 Å². The molecule has 2 aliphatic rings. The Morgan fingerprint density at radius 2 is 2.16 bits per heavy atom. The van der Waals surface area contributed by atoms with Crippen LogP contribution in [0.3, 0.4) is 0 Å². The Labute approximate surface area is 116 Å². The van der Waals surface area contributed by atoms with Gasteiger partial charge in [-0.2, -0.15) is 0 Å². The number of fused-ring (bicyclic) bond motifs is 1. The fraction of sp³-hybridized carbons (Fsp3) is 0.615. The number of hydrogen-bond donors (Lipinski definition) is 1. The number of aliphatic hydroxyl groups is 1. The summed E-state index contributed by atoms with van der Waals surface area (Å²) in [5.41, 5.74) is 0.349. The zero-order chi connectivity index (χ0) is 13.6. The summed E-state index contributed by atoms with van der Waals surface area (Å²) in [5.74, 6) is 1.94. The molecule has 1 N–H and O–H groups in total. The number of anilines is 1. The number of carbonyl (C=O) groups excluding carboxylic acids is 1. The van der Waals surface area contributed by atoms with Gasteiger partial charge < -0.3 is 10.0 Å². The molecule has 102 valence electrons. The lowest BCUT2D eigenvalue weighted by molar-refractivity contribution is 0.112. The van der Waals surface area contributed by atoms with Gasteiger partial charge in [0.15, 0.2) is 6.29 Å². The zero-order valence-corrected chi connectivity index (χ0v) is 11.5. The molecule has 1 aliphatic heterocycles. The summed E-state index contributed by atoms with van der Waals surface area (Å²) in [6, 6.07) is 0. The monoisotopic (exact) mass is 281 g/mol. The number of hydrogen-bond acceptors (Lipinski definition) is 5. The third-order valence-corrected chi connectivity index (χ3v) is 4.52. The van der Waals surface area contributed by atoms with E-state index in [2.05, 4.69) is 14.9 Å². The summed E-state index contributed by atoms with van der Waals surface area (Å²) in [7, 11) is 0. The van der Waals surface area contributed by atoms with E-state index in [9.17, 15) is 9.90 Å². The number of aromatic nitrogens is 2. The summed E-state index contributed by atoms with van der Waals surface area (Å²) in [5, 5.41) is 10.1. The molecule has 1 saturated heterocycles. The zero-order valence-electron chi connectivity index (χ0n) is 10.7. The van der Waals surface area contributed by atoms with Crippen LogP contribution in [0.2, 0.25) is 5.15 Å². The molecule has 3 atom stereocenters. The third kappa shape index (κ3) is 2.11. The van der Waals surface area contributed by atoms with Gasteiger partial charge in [0.05, 0.1) is 11.7 Å². The fourth-order valence-corrected chi connectivity index (χ4v) is 3.54. The number of nitrogens with zero attached hydrogens (tertiary/aromatic N) is 3. The molecule has 1 saturated carbocycles. The van der Waals surface area contributed by atoms with Crippen molar-refractivity contribution in [2.45, 2.75) is 25.9 Å². The van der Waals surface area contributed by atoms with E-state index in [0.717, 1.165) is 25.9 Å². The van der Waals surface area contributed by atoms with Crippen molar-refractivity contribution in [3.05, 3.63) is 16.5 Å². The molecule has 0 radical (unpaired) electrons. The Bertz CT molecular complexity index is 523. The van der Waals surface area contributed by atoms with Crippen molar-refractivity contribution in [1.29, 1.82) is 0 Å². The Kier molecular flexibility index (Phi) is 3.19. The van der Waals surface area contributed by atoms with E-state index in [0.29, 0.717) is 29.4 Å². The number of carbonyl (C=O) groups is 1. The van der Waals surface area contributed by atoms with E-state index in [4.69, 9.17) is 11.6 Å². The normalized spacial score (nSPS) is 29.6. The second kappa shape index (κ2) is 4.72. The molecule has 5 nitrogen and oxygen atoms in total. The molecule has 2 fully saturated rings. The third-order valence-electron chi connectivity index (χ3n) is 4.23. The van der Waals surface area contributed by atoms with Gasteiger partial charge in [-0.25, -0.2) is 9.97 Å². The smallest absolute Gasteiger partial charge is 0.156 e. The molecule has 0 amide bonds. The maximum absolute atomic E-state index is 11.2. The predicted molar refractivity (Wildman–Crippen MR) is 71.6 cm³/mol. The van der Waals surface area contributed by atoms with Crippen LogP contribution < -0.4 is 4.90 Å².